The lowest BCUT2D eigenvalue weighted by molar-refractivity contribution is 0.610. The minimum absolute atomic E-state index is 0.381. The van der Waals surface area contributed by atoms with Crippen molar-refractivity contribution >= 4 is 17.7 Å². The van der Waals surface area contributed by atoms with E-state index in [1.54, 1.807) is 0 Å². The van der Waals surface area contributed by atoms with Crippen molar-refractivity contribution in [2.45, 2.75) is 39.2 Å². The first kappa shape index (κ1) is 16.2. The summed E-state index contributed by atoms with van der Waals surface area (Å²) in [4.78, 5) is 13.6. The molecule has 3 aromatic rings. The number of hydrogen-bond donors (Lipinski definition) is 1. The molecule has 0 saturated heterocycles. The molecule has 2 aliphatic rings. The van der Waals surface area contributed by atoms with Gasteiger partial charge in [-0.1, -0.05) is 0 Å². The molecule has 1 aliphatic carbocycles. The molecule has 1 aliphatic heterocycles. The molecule has 3 aromatic heterocycles. The summed E-state index contributed by atoms with van der Waals surface area (Å²) in [5.74, 6) is 0.980. The van der Waals surface area contributed by atoms with Crippen molar-refractivity contribution < 1.29 is 0 Å². The average molecular weight is 358 g/mol. The van der Waals surface area contributed by atoms with E-state index in [0.29, 0.717) is 6.04 Å². The smallest absolute Gasteiger partial charge is 0.160 e. The number of nitrogens with zero attached hydrogens (tertiary/aromatic N) is 5. The Morgan fingerprint density at radius 2 is 2.07 bits per heavy atom. The average Bonchev–Trinajstić information content (AvgIpc) is 3.28. The maximum Gasteiger partial charge on any atom is 0.160 e. The third kappa shape index (κ3) is 2.91. The molecule has 1 N–H and O–H groups in total. The molecule has 6 heteroatoms. The molecule has 4 heterocycles. The fourth-order valence-corrected chi connectivity index (χ4v) is 3.96. The predicted octanol–water partition coefficient (Wildman–Crippen LogP) is 3.75. The van der Waals surface area contributed by atoms with Gasteiger partial charge in [-0.3, -0.25) is 9.98 Å². The fourth-order valence-electron chi connectivity index (χ4n) is 3.96. The van der Waals surface area contributed by atoms with Gasteiger partial charge in [0.2, 0.25) is 0 Å². The number of aryl methyl sites for hydroxylation is 2. The minimum Gasteiger partial charge on any atom is -0.367 e. The molecule has 6 nitrogen and oxygen atoms in total. The van der Waals surface area contributed by atoms with Gasteiger partial charge in [0.1, 0.15) is 5.82 Å². The molecule has 0 saturated carbocycles. The van der Waals surface area contributed by atoms with Crippen molar-refractivity contribution in [2.24, 2.45) is 4.99 Å². The van der Waals surface area contributed by atoms with Crippen LogP contribution in [0.2, 0.25) is 0 Å². The van der Waals surface area contributed by atoms with Crippen molar-refractivity contribution in [1.82, 2.24) is 19.6 Å². The monoisotopic (exact) mass is 358 g/mol. The highest BCUT2D eigenvalue weighted by atomic mass is 15.3. The van der Waals surface area contributed by atoms with Gasteiger partial charge in [0.15, 0.2) is 5.65 Å². The SMILES string of the molecule is Cc1cncc(-c2cc(NC3CCC4=C(C=NC4)C3)n3ncc(C)c3n2)c1. The van der Waals surface area contributed by atoms with Crippen LogP contribution in [0.5, 0.6) is 0 Å². The van der Waals surface area contributed by atoms with E-state index < -0.39 is 0 Å². The zero-order chi connectivity index (χ0) is 18.4. The van der Waals surface area contributed by atoms with Crippen molar-refractivity contribution in [3.8, 4) is 11.3 Å². The van der Waals surface area contributed by atoms with E-state index in [9.17, 15) is 0 Å². The summed E-state index contributed by atoms with van der Waals surface area (Å²) in [5.41, 5.74) is 7.94. The summed E-state index contributed by atoms with van der Waals surface area (Å²) in [6, 6.07) is 4.59. The molecule has 0 spiro atoms. The van der Waals surface area contributed by atoms with Crippen molar-refractivity contribution in [1.29, 1.82) is 0 Å². The second kappa shape index (κ2) is 6.30. The zero-order valence-corrected chi connectivity index (χ0v) is 15.6. The van der Waals surface area contributed by atoms with Crippen LogP contribution in [-0.4, -0.2) is 38.4 Å². The summed E-state index contributed by atoms with van der Waals surface area (Å²) in [6.45, 7) is 4.99. The highest BCUT2D eigenvalue weighted by Crippen LogP contribution is 2.30. The highest BCUT2D eigenvalue weighted by molar-refractivity contribution is 5.83. The molecule has 27 heavy (non-hydrogen) atoms. The van der Waals surface area contributed by atoms with Crippen LogP contribution < -0.4 is 5.32 Å². The predicted molar refractivity (Wildman–Crippen MR) is 107 cm³/mol. The number of hydrogen-bond acceptors (Lipinski definition) is 5. The summed E-state index contributed by atoms with van der Waals surface area (Å²) >= 11 is 0. The summed E-state index contributed by atoms with van der Waals surface area (Å²) in [5, 5.41) is 8.26. The van der Waals surface area contributed by atoms with Crippen LogP contribution in [0.1, 0.15) is 30.4 Å². The third-order valence-corrected chi connectivity index (χ3v) is 5.42. The van der Waals surface area contributed by atoms with Gasteiger partial charge in [-0.05, 0) is 55.9 Å². The highest BCUT2D eigenvalue weighted by Gasteiger charge is 2.23. The van der Waals surface area contributed by atoms with Gasteiger partial charge in [0.05, 0.1) is 18.4 Å². The Hall–Kier alpha value is -3.02. The van der Waals surface area contributed by atoms with E-state index in [-0.39, 0.29) is 0 Å². The van der Waals surface area contributed by atoms with E-state index in [0.717, 1.165) is 59.7 Å². The lowest BCUT2D eigenvalue weighted by Gasteiger charge is -2.25. The van der Waals surface area contributed by atoms with Crippen LogP contribution in [0.4, 0.5) is 5.82 Å². The van der Waals surface area contributed by atoms with E-state index in [4.69, 9.17) is 4.98 Å². The molecule has 5 rings (SSSR count). The van der Waals surface area contributed by atoms with Gasteiger partial charge in [-0.25, -0.2) is 4.98 Å². The van der Waals surface area contributed by atoms with Gasteiger partial charge < -0.3 is 5.32 Å². The topological polar surface area (TPSA) is 67.5 Å². The first-order valence-corrected chi connectivity index (χ1v) is 9.42. The number of fused-ring (bicyclic) bond motifs is 1. The molecular formula is C21H22N6. The first-order valence-electron chi connectivity index (χ1n) is 9.42. The number of rotatable bonds is 3. The van der Waals surface area contributed by atoms with Gasteiger partial charge in [0, 0.05) is 41.8 Å². The molecule has 0 bridgehead atoms. The summed E-state index contributed by atoms with van der Waals surface area (Å²) < 4.78 is 1.91. The minimum atomic E-state index is 0.381. The lowest BCUT2D eigenvalue weighted by atomic mass is 9.90. The standard InChI is InChI=1S/C21H22N6/c1-13-5-17(12-22-8-13)19-7-20(27-21(26-19)14(2)9-24-27)25-18-4-3-15-10-23-11-16(15)6-18/h5,7-9,11-12,18,25H,3-4,6,10H2,1-2H3. The summed E-state index contributed by atoms with van der Waals surface area (Å²) in [6.07, 6.45) is 10.9. The van der Waals surface area contributed by atoms with E-state index >= 15 is 0 Å². The lowest BCUT2D eigenvalue weighted by Crippen LogP contribution is -2.25. The Labute approximate surface area is 158 Å². The van der Waals surface area contributed by atoms with Crippen molar-refractivity contribution in [3.05, 3.63) is 53.0 Å². The maximum atomic E-state index is 4.84. The number of nitrogens with one attached hydrogen (secondary N) is 1. The van der Waals surface area contributed by atoms with Crippen LogP contribution in [0, 0.1) is 13.8 Å². The Kier molecular flexibility index (Phi) is 3.77. The number of anilines is 1. The van der Waals surface area contributed by atoms with E-state index in [1.165, 1.54) is 11.1 Å². The number of aromatic nitrogens is 4. The molecule has 1 unspecified atom stereocenters. The van der Waals surface area contributed by atoms with Crippen LogP contribution in [0.25, 0.3) is 16.9 Å². The quantitative estimate of drug-likeness (QED) is 0.774. The molecule has 136 valence electrons. The van der Waals surface area contributed by atoms with Crippen molar-refractivity contribution in [3.63, 3.8) is 0 Å². The number of aliphatic imine (C=N–C) groups is 1. The van der Waals surface area contributed by atoms with Crippen LogP contribution >= 0.6 is 0 Å². The van der Waals surface area contributed by atoms with E-state index in [2.05, 4.69) is 39.4 Å². The largest absolute Gasteiger partial charge is 0.367 e. The van der Waals surface area contributed by atoms with Crippen LogP contribution in [0.3, 0.4) is 0 Å². The normalized spacial score (nSPS) is 19.0. The molecule has 0 radical (unpaired) electrons. The zero-order valence-electron chi connectivity index (χ0n) is 15.6. The molecular weight excluding hydrogens is 336 g/mol. The Morgan fingerprint density at radius 1 is 1.15 bits per heavy atom. The van der Waals surface area contributed by atoms with Gasteiger partial charge in [-0.15, -0.1) is 0 Å². The Morgan fingerprint density at radius 3 is 2.96 bits per heavy atom. The van der Waals surface area contributed by atoms with Gasteiger partial charge in [-0.2, -0.15) is 9.61 Å². The Balaban J connectivity index is 1.54. The third-order valence-electron chi connectivity index (χ3n) is 5.42. The molecule has 1 atom stereocenters. The first-order chi connectivity index (χ1) is 13.2. The Bertz CT molecular complexity index is 1090. The molecule has 0 amide bonds. The van der Waals surface area contributed by atoms with Crippen LogP contribution in [-0.2, 0) is 0 Å². The fraction of sp³-hybridized carbons (Fsp3) is 0.333. The molecule has 0 aromatic carbocycles. The van der Waals surface area contributed by atoms with Crippen LogP contribution in [0.15, 0.2) is 46.9 Å². The molecule has 0 fully saturated rings. The number of pyridine rings is 1. The van der Waals surface area contributed by atoms with Gasteiger partial charge in [0.25, 0.3) is 0 Å². The van der Waals surface area contributed by atoms with Gasteiger partial charge >= 0.3 is 0 Å². The maximum absolute atomic E-state index is 4.84. The van der Waals surface area contributed by atoms with E-state index in [1.807, 2.05) is 36.2 Å². The van der Waals surface area contributed by atoms with Crippen molar-refractivity contribution in [2.75, 3.05) is 11.9 Å². The summed E-state index contributed by atoms with van der Waals surface area (Å²) in [7, 11) is 0. The second-order valence-corrected chi connectivity index (χ2v) is 7.52. The second-order valence-electron chi connectivity index (χ2n) is 7.52.